The van der Waals surface area contributed by atoms with E-state index in [9.17, 15) is 9.90 Å². The van der Waals surface area contributed by atoms with E-state index in [1.54, 1.807) is 4.90 Å². The Morgan fingerprint density at radius 1 is 1.58 bits per heavy atom. The normalized spacial score (nSPS) is 22.7. The molecule has 1 atom stereocenters. The van der Waals surface area contributed by atoms with Crippen LogP contribution >= 0.6 is 0 Å². The molecule has 1 saturated heterocycles. The maximum absolute atomic E-state index is 10.8. The Kier molecular flexibility index (Phi) is 3.65. The van der Waals surface area contributed by atoms with E-state index in [4.69, 9.17) is 4.74 Å². The SMILES string of the molecule is CCOC(O)N1CCC(=O)CC1. The molecule has 0 aromatic heterocycles. The van der Waals surface area contributed by atoms with Crippen LogP contribution in [0.4, 0.5) is 0 Å². The lowest BCUT2D eigenvalue weighted by atomic mass is 10.1. The van der Waals surface area contributed by atoms with Crippen LogP contribution in [-0.2, 0) is 9.53 Å². The molecule has 0 radical (unpaired) electrons. The summed E-state index contributed by atoms with van der Waals surface area (Å²) in [5.41, 5.74) is 0. The predicted octanol–water partition coefficient (Wildman–Crippen LogP) is -0.0363. The van der Waals surface area contributed by atoms with Crippen molar-refractivity contribution >= 4 is 5.78 Å². The third-order valence-electron chi connectivity index (χ3n) is 1.98. The van der Waals surface area contributed by atoms with Crippen molar-refractivity contribution in [3.05, 3.63) is 0 Å². The third-order valence-corrected chi connectivity index (χ3v) is 1.98. The molecule has 1 rings (SSSR count). The van der Waals surface area contributed by atoms with E-state index in [0.29, 0.717) is 32.5 Å². The van der Waals surface area contributed by atoms with Crippen LogP contribution in [0.15, 0.2) is 0 Å². The van der Waals surface area contributed by atoms with E-state index in [1.807, 2.05) is 6.92 Å². The molecule has 70 valence electrons. The number of hydrogen-bond donors (Lipinski definition) is 1. The average molecular weight is 173 g/mol. The van der Waals surface area contributed by atoms with E-state index in [2.05, 4.69) is 0 Å². The fraction of sp³-hybridized carbons (Fsp3) is 0.875. The van der Waals surface area contributed by atoms with Gasteiger partial charge in [0.25, 0.3) is 0 Å². The Labute approximate surface area is 72.1 Å². The van der Waals surface area contributed by atoms with Crippen LogP contribution in [-0.4, -0.2) is 41.9 Å². The molecule has 1 N–H and O–H groups in total. The Bertz CT molecular complexity index is 150. The standard InChI is InChI=1S/C8H15NO3/c1-2-12-8(11)9-5-3-7(10)4-6-9/h8,11H,2-6H2,1H3. The number of aliphatic hydroxyl groups is 1. The quantitative estimate of drug-likeness (QED) is 0.609. The number of carbonyl (C=O) groups excluding carboxylic acids is 1. The molecule has 0 spiro atoms. The van der Waals surface area contributed by atoms with Crippen LogP contribution in [0.3, 0.4) is 0 Å². The number of ether oxygens (including phenoxy) is 1. The smallest absolute Gasteiger partial charge is 0.216 e. The van der Waals surface area contributed by atoms with Gasteiger partial charge < -0.3 is 9.84 Å². The third kappa shape index (κ3) is 2.55. The molecule has 0 bridgehead atoms. The molecule has 0 aromatic rings. The first kappa shape index (κ1) is 9.64. The van der Waals surface area contributed by atoms with Gasteiger partial charge in [-0.2, -0.15) is 0 Å². The van der Waals surface area contributed by atoms with E-state index >= 15 is 0 Å². The van der Waals surface area contributed by atoms with Crippen LogP contribution in [0.2, 0.25) is 0 Å². The highest BCUT2D eigenvalue weighted by atomic mass is 16.6. The molecule has 1 heterocycles. The van der Waals surface area contributed by atoms with Gasteiger partial charge in [-0.3, -0.25) is 9.69 Å². The number of rotatable bonds is 3. The number of hydrogen-bond acceptors (Lipinski definition) is 4. The number of ketones is 1. The number of likely N-dealkylation sites (tertiary alicyclic amines) is 1. The Hall–Kier alpha value is -0.450. The largest absolute Gasteiger partial charge is 0.356 e. The molecule has 0 aliphatic carbocycles. The maximum Gasteiger partial charge on any atom is 0.216 e. The van der Waals surface area contributed by atoms with E-state index in [-0.39, 0.29) is 5.78 Å². The summed E-state index contributed by atoms with van der Waals surface area (Å²) in [5, 5.41) is 9.35. The van der Waals surface area contributed by atoms with Crippen molar-refractivity contribution in [2.75, 3.05) is 19.7 Å². The van der Waals surface area contributed by atoms with Gasteiger partial charge in [0.2, 0.25) is 6.41 Å². The average Bonchev–Trinajstić information content (AvgIpc) is 2.06. The molecule has 0 saturated carbocycles. The summed E-state index contributed by atoms with van der Waals surface area (Å²) in [6.07, 6.45) is 0.233. The highest BCUT2D eigenvalue weighted by Crippen LogP contribution is 2.08. The van der Waals surface area contributed by atoms with Crippen molar-refractivity contribution in [1.29, 1.82) is 0 Å². The summed E-state index contributed by atoms with van der Waals surface area (Å²) in [5.74, 6) is 0.273. The fourth-order valence-electron chi connectivity index (χ4n) is 1.25. The van der Waals surface area contributed by atoms with Gasteiger partial charge in [-0.25, -0.2) is 0 Å². The first-order chi connectivity index (χ1) is 5.74. The van der Waals surface area contributed by atoms with Gasteiger partial charge >= 0.3 is 0 Å². The molecule has 4 heteroatoms. The monoisotopic (exact) mass is 173 g/mol. The predicted molar refractivity (Wildman–Crippen MR) is 43.4 cm³/mol. The van der Waals surface area contributed by atoms with Crippen molar-refractivity contribution in [1.82, 2.24) is 4.90 Å². The molecule has 12 heavy (non-hydrogen) atoms. The molecule has 0 amide bonds. The number of nitrogens with zero attached hydrogens (tertiary/aromatic N) is 1. The molecule has 1 aliphatic heterocycles. The summed E-state index contributed by atoms with van der Waals surface area (Å²) in [6.45, 7) is 3.55. The lowest BCUT2D eigenvalue weighted by Gasteiger charge is -2.29. The van der Waals surface area contributed by atoms with Crippen molar-refractivity contribution in [3.63, 3.8) is 0 Å². The van der Waals surface area contributed by atoms with Crippen molar-refractivity contribution in [3.8, 4) is 0 Å². The summed E-state index contributed by atoms with van der Waals surface area (Å²) < 4.78 is 4.99. The topological polar surface area (TPSA) is 49.8 Å². The minimum atomic E-state index is -0.830. The zero-order chi connectivity index (χ0) is 8.97. The van der Waals surface area contributed by atoms with Gasteiger partial charge in [-0.05, 0) is 6.92 Å². The first-order valence-electron chi connectivity index (χ1n) is 4.29. The summed E-state index contributed by atoms with van der Waals surface area (Å²) >= 11 is 0. The van der Waals surface area contributed by atoms with Crippen molar-refractivity contribution in [2.45, 2.75) is 26.2 Å². The molecular weight excluding hydrogens is 158 g/mol. The first-order valence-corrected chi connectivity index (χ1v) is 4.29. The van der Waals surface area contributed by atoms with Gasteiger partial charge in [-0.1, -0.05) is 0 Å². The molecule has 1 unspecified atom stereocenters. The number of aliphatic hydroxyl groups excluding tert-OH is 1. The summed E-state index contributed by atoms with van der Waals surface area (Å²) in [4.78, 5) is 12.6. The Morgan fingerprint density at radius 2 is 2.17 bits per heavy atom. The van der Waals surface area contributed by atoms with Gasteiger partial charge in [0.1, 0.15) is 5.78 Å². The van der Waals surface area contributed by atoms with Gasteiger partial charge in [0, 0.05) is 32.5 Å². The lowest BCUT2D eigenvalue weighted by molar-refractivity contribution is -0.194. The number of Topliss-reactive ketones (excluding diaryl/α,β-unsaturated/α-hetero) is 1. The lowest BCUT2D eigenvalue weighted by Crippen LogP contribution is -2.42. The summed E-state index contributed by atoms with van der Waals surface area (Å²) in [6, 6.07) is 0. The minimum absolute atomic E-state index is 0.273. The van der Waals surface area contributed by atoms with Crippen molar-refractivity contribution < 1.29 is 14.6 Å². The fourth-order valence-corrected chi connectivity index (χ4v) is 1.25. The second-order valence-electron chi connectivity index (χ2n) is 2.86. The molecular formula is C8H15NO3. The van der Waals surface area contributed by atoms with Gasteiger partial charge in [0.15, 0.2) is 0 Å². The van der Waals surface area contributed by atoms with E-state index in [0.717, 1.165) is 0 Å². The van der Waals surface area contributed by atoms with Crippen molar-refractivity contribution in [2.24, 2.45) is 0 Å². The van der Waals surface area contributed by atoms with Crippen LogP contribution in [0.5, 0.6) is 0 Å². The highest BCUT2D eigenvalue weighted by Gasteiger charge is 2.21. The second-order valence-corrected chi connectivity index (χ2v) is 2.86. The zero-order valence-electron chi connectivity index (χ0n) is 7.32. The summed E-state index contributed by atoms with van der Waals surface area (Å²) in [7, 11) is 0. The Balaban J connectivity index is 2.28. The molecule has 1 aliphatic rings. The van der Waals surface area contributed by atoms with E-state index in [1.165, 1.54) is 0 Å². The zero-order valence-corrected chi connectivity index (χ0v) is 7.32. The molecule has 1 fully saturated rings. The molecule has 4 nitrogen and oxygen atoms in total. The van der Waals surface area contributed by atoms with Crippen LogP contribution in [0.25, 0.3) is 0 Å². The van der Waals surface area contributed by atoms with Gasteiger partial charge in [-0.15, -0.1) is 0 Å². The Morgan fingerprint density at radius 3 is 2.67 bits per heavy atom. The van der Waals surface area contributed by atoms with Gasteiger partial charge in [0.05, 0.1) is 0 Å². The number of carbonyl (C=O) groups is 1. The van der Waals surface area contributed by atoms with E-state index < -0.39 is 6.41 Å². The van der Waals surface area contributed by atoms with Crippen LogP contribution < -0.4 is 0 Å². The minimum Gasteiger partial charge on any atom is -0.356 e. The number of piperidine rings is 1. The molecule has 0 aromatic carbocycles. The van der Waals surface area contributed by atoms with Crippen LogP contribution in [0.1, 0.15) is 19.8 Å². The maximum atomic E-state index is 10.8. The second kappa shape index (κ2) is 4.54. The highest BCUT2D eigenvalue weighted by molar-refractivity contribution is 5.79. The van der Waals surface area contributed by atoms with Crippen LogP contribution in [0, 0.1) is 0 Å².